The van der Waals surface area contributed by atoms with Gasteiger partial charge in [0, 0.05) is 26.8 Å². The maximum absolute atomic E-state index is 13.0. The van der Waals surface area contributed by atoms with E-state index in [2.05, 4.69) is 5.32 Å². The lowest BCUT2D eigenvalue weighted by Crippen LogP contribution is -2.45. The summed E-state index contributed by atoms with van der Waals surface area (Å²) in [6.07, 6.45) is 3.30. The van der Waals surface area contributed by atoms with E-state index < -0.39 is 11.0 Å². The van der Waals surface area contributed by atoms with Crippen LogP contribution in [0.3, 0.4) is 0 Å². The number of ketones is 1. The first-order valence-electron chi connectivity index (χ1n) is 9.11. The number of nitrogens with one attached hydrogen (secondary N) is 1. The van der Waals surface area contributed by atoms with Crippen LogP contribution in [0.2, 0.25) is 0 Å². The van der Waals surface area contributed by atoms with Gasteiger partial charge in [-0.05, 0) is 45.9 Å². The first-order chi connectivity index (χ1) is 12.8. The third-order valence-corrected chi connectivity index (χ3v) is 5.79. The van der Waals surface area contributed by atoms with Gasteiger partial charge in [-0.3, -0.25) is 19.0 Å². The highest BCUT2D eigenvalue weighted by molar-refractivity contribution is 7.13. The lowest BCUT2D eigenvalue weighted by atomic mass is 9.91. The van der Waals surface area contributed by atoms with Crippen LogP contribution >= 0.6 is 22.7 Å². The summed E-state index contributed by atoms with van der Waals surface area (Å²) in [4.78, 5) is 40.0. The molecule has 0 saturated carbocycles. The number of amides is 1. The molecule has 0 atom stereocenters. The molecule has 28 heavy (non-hydrogen) atoms. The summed E-state index contributed by atoms with van der Waals surface area (Å²) in [5.74, 6) is -0.346. The molecule has 0 fully saturated rings. The second-order valence-corrected chi connectivity index (χ2v) is 11.2. The van der Waals surface area contributed by atoms with Crippen LogP contribution < -0.4 is 20.1 Å². The van der Waals surface area contributed by atoms with Crippen LogP contribution in [0.4, 0.5) is 0 Å². The number of thiophene rings is 1. The van der Waals surface area contributed by atoms with E-state index in [0.29, 0.717) is 9.20 Å². The van der Waals surface area contributed by atoms with E-state index in [1.165, 1.54) is 22.0 Å². The second kappa shape index (κ2) is 8.17. The van der Waals surface area contributed by atoms with Crippen molar-refractivity contribution < 1.29 is 9.59 Å². The highest BCUT2D eigenvalue weighted by atomic mass is 32.1. The van der Waals surface area contributed by atoms with Crippen molar-refractivity contribution in [3.63, 3.8) is 0 Å². The summed E-state index contributed by atoms with van der Waals surface area (Å²) < 4.78 is 2.40. The molecule has 0 radical (unpaired) electrons. The van der Waals surface area contributed by atoms with Crippen LogP contribution in [0.25, 0.3) is 12.2 Å². The third-order valence-electron chi connectivity index (χ3n) is 3.78. The summed E-state index contributed by atoms with van der Waals surface area (Å²) in [6, 6.07) is 3.95. The van der Waals surface area contributed by atoms with Crippen molar-refractivity contribution in [1.29, 1.82) is 0 Å². The van der Waals surface area contributed by atoms with Gasteiger partial charge in [-0.2, -0.15) is 0 Å². The minimum absolute atomic E-state index is 0.0859. The zero-order valence-corrected chi connectivity index (χ0v) is 19.1. The number of nitrogens with zero attached hydrogens (tertiary/aromatic N) is 1. The molecule has 7 heteroatoms. The Bertz CT molecular complexity index is 1060. The van der Waals surface area contributed by atoms with Crippen molar-refractivity contribution in [2.24, 2.45) is 5.41 Å². The van der Waals surface area contributed by atoms with Crippen molar-refractivity contribution in [3.05, 3.63) is 41.4 Å². The number of rotatable bonds is 4. The molecule has 152 valence electrons. The SMILES string of the molecule is Cc1ccc(/C=c2\s/c(=C\C(=O)C(C)(C)C)n(CC(=O)NC(C)(C)C)c2=O)s1. The van der Waals surface area contributed by atoms with Crippen LogP contribution in [0, 0.1) is 12.3 Å². The summed E-state index contributed by atoms with van der Waals surface area (Å²) in [5.41, 5.74) is -1.22. The van der Waals surface area contributed by atoms with Gasteiger partial charge in [-0.1, -0.05) is 20.8 Å². The molecule has 0 aliphatic carbocycles. The van der Waals surface area contributed by atoms with E-state index in [9.17, 15) is 14.4 Å². The molecule has 0 saturated heterocycles. The predicted octanol–water partition coefficient (Wildman–Crippen LogP) is 2.42. The minimum Gasteiger partial charge on any atom is -0.350 e. The Hall–Kier alpha value is -1.99. The van der Waals surface area contributed by atoms with Crippen molar-refractivity contribution in [3.8, 4) is 0 Å². The largest absolute Gasteiger partial charge is 0.350 e. The molecule has 2 aromatic heterocycles. The highest BCUT2D eigenvalue weighted by Crippen LogP contribution is 2.16. The monoisotopic (exact) mass is 420 g/mol. The lowest BCUT2D eigenvalue weighted by Gasteiger charge is -2.20. The fourth-order valence-corrected chi connectivity index (χ4v) is 4.31. The predicted molar refractivity (Wildman–Crippen MR) is 117 cm³/mol. The van der Waals surface area contributed by atoms with Gasteiger partial charge in [0.15, 0.2) is 5.78 Å². The molecule has 0 unspecified atom stereocenters. The van der Waals surface area contributed by atoms with Crippen LogP contribution in [-0.2, 0) is 16.1 Å². The molecule has 5 nitrogen and oxygen atoms in total. The van der Waals surface area contributed by atoms with Crippen LogP contribution in [0.5, 0.6) is 0 Å². The lowest BCUT2D eigenvalue weighted by molar-refractivity contribution is -0.123. The van der Waals surface area contributed by atoms with Gasteiger partial charge >= 0.3 is 0 Å². The standard InChI is InChI=1S/C21H28N2O3S2/c1-13-8-9-14(27-13)10-15-19(26)23(12-17(25)22-21(5,6)7)18(28-15)11-16(24)20(2,3)4/h8-11H,12H2,1-7H3,(H,22,25)/b15-10-,18-11-. The zero-order chi connectivity index (χ0) is 21.3. The topological polar surface area (TPSA) is 68.2 Å². The van der Waals surface area contributed by atoms with Gasteiger partial charge < -0.3 is 5.32 Å². The highest BCUT2D eigenvalue weighted by Gasteiger charge is 2.20. The number of Topliss-reactive ketones (excluding diaryl/α,β-unsaturated/α-hetero) is 1. The molecule has 2 aromatic rings. The number of carbonyl (C=O) groups excluding carboxylic acids is 2. The Labute approximate surface area is 173 Å². The van der Waals surface area contributed by atoms with Crippen molar-refractivity contribution in [2.75, 3.05) is 0 Å². The average Bonchev–Trinajstić information content (AvgIpc) is 3.03. The van der Waals surface area contributed by atoms with E-state index in [4.69, 9.17) is 0 Å². The number of aryl methyl sites for hydroxylation is 1. The minimum atomic E-state index is -0.562. The number of thiazole rings is 1. The van der Waals surface area contributed by atoms with Gasteiger partial charge in [0.05, 0.1) is 4.53 Å². The molecule has 0 aliphatic rings. The second-order valence-electron chi connectivity index (χ2n) is 8.85. The number of hydrogen-bond acceptors (Lipinski definition) is 5. The molecule has 1 amide bonds. The van der Waals surface area contributed by atoms with Crippen LogP contribution in [-0.4, -0.2) is 21.8 Å². The van der Waals surface area contributed by atoms with Crippen molar-refractivity contribution in [2.45, 2.75) is 60.5 Å². The van der Waals surface area contributed by atoms with Gasteiger partial charge in [0.25, 0.3) is 5.56 Å². The Morgan fingerprint density at radius 3 is 2.25 bits per heavy atom. The van der Waals surface area contributed by atoms with E-state index in [1.54, 1.807) is 11.3 Å². The van der Waals surface area contributed by atoms with E-state index in [0.717, 1.165) is 9.75 Å². The Kier molecular flexibility index (Phi) is 6.51. The molecule has 2 rings (SSSR count). The van der Waals surface area contributed by atoms with E-state index in [1.807, 2.05) is 66.7 Å². The summed E-state index contributed by atoms with van der Waals surface area (Å²) in [7, 11) is 0. The molecule has 0 spiro atoms. The van der Waals surface area contributed by atoms with Gasteiger partial charge in [-0.15, -0.1) is 22.7 Å². The fourth-order valence-electron chi connectivity index (χ4n) is 2.38. The van der Waals surface area contributed by atoms with Gasteiger partial charge in [-0.25, -0.2) is 0 Å². The van der Waals surface area contributed by atoms with Gasteiger partial charge in [0.2, 0.25) is 5.91 Å². The molecule has 0 aromatic carbocycles. The van der Waals surface area contributed by atoms with Crippen LogP contribution in [0.1, 0.15) is 51.3 Å². The normalized spacial score (nSPS) is 13.8. The van der Waals surface area contributed by atoms with E-state index >= 15 is 0 Å². The molecular formula is C21H28N2O3S2. The number of aromatic nitrogens is 1. The van der Waals surface area contributed by atoms with Crippen molar-refractivity contribution in [1.82, 2.24) is 9.88 Å². The molecule has 1 N–H and O–H groups in total. The molecule has 0 bridgehead atoms. The smallest absolute Gasteiger partial charge is 0.269 e. The third kappa shape index (κ3) is 6.01. The maximum Gasteiger partial charge on any atom is 0.269 e. The summed E-state index contributed by atoms with van der Waals surface area (Å²) in [6.45, 7) is 13.0. The maximum atomic E-state index is 13.0. The summed E-state index contributed by atoms with van der Waals surface area (Å²) in [5, 5.41) is 2.87. The van der Waals surface area contributed by atoms with Gasteiger partial charge in [0.1, 0.15) is 11.2 Å². The quantitative estimate of drug-likeness (QED) is 0.826. The van der Waals surface area contributed by atoms with E-state index in [-0.39, 0.29) is 23.8 Å². The fraction of sp³-hybridized carbons (Fsp3) is 0.476. The molecular weight excluding hydrogens is 392 g/mol. The number of carbonyl (C=O) groups is 2. The first-order valence-corrected chi connectivity index (χ1v) is 10.7. The zero-order valence-electron chi connectivity index (χ0n) is 17.5. The Morgan fingerprint density at radius 1 is 1.11 bits per heavy atom. The van der Waals surface area contributed by atoms with Crippen LogP contribution in [0.15, 0.2) is 16.9 Å². The molecule has 0 aliphatic heterocycles. The first kappa shape index (κ1) is 22.3. The van der Waals surface area contributed by atoms with Crippen molar-refractivity contribution >= 4 is 46.5 Å². The average molecular weight is 421 g/mol. The molecule has 2 heterocycles. The Morgan fingerprint density at radius 2 is 1.75 bits per heavy atom. The summed E-state index contributed by atoms with van der Waals surface area (Å²) >= 11 is 2.83. The number of hydrogen-bond donors (Lipinski definition) is 1. The Balaban J connectivity index is 2.59.